The minimum Gasteiger partial charge on any atom is -0.399 e. The van der Waals surface area contributed by atoms with Crippen LogP contribution < -0.4 is 11.1 Å². The highest BCUT2D eigenvalue weighted by Gasteiger charge is 2.38. The quantitative estimate of drug-likeness (QED) is 0.784. The Bertz CT molecular complexity index is 436. The summed E-state index contributed by atoms with van der Waals surface area (Å²) in [7, 11) is 0. The number of carbonyl (C=O) groups excluding carboxylic acids is 1. The number of anilines is 1. The molecule has 0 saturated heterocycles. The van der Waals surface area contributed by atoms with Crippen molar-refractivity contribution in [3.63, 3.8) is 0 Å². The van der Waals surface area contributed by atoms with Crippen LogP contribution in [0.3, 0.4) is 0 Å². The molecule has 1 amide bonds. The van der Waals surface area contributed by atoms with Crippen LogP contribution in [0.5, 0.6) is 0 Å². The van der Waals surface area contributed by atoms with Crippen molar-refractivity contribution in [2.75, 3.05) is 5.73 Å². The molecule has 1 aromatic rings. The third-order valence-corrected chi connectivity index (χ3v) is 3.65. The number of rotatable bonds is 5. The van der Waals surface area contributed by atoms with Crippen molar-refractivity contribution in [3.05, 3.63) is 29.8 Å². The van der Waals surface area contributed by atoms with Gasteiger partial charge in [-0.1, -0.05) is 12.1 Å². The SMILES string of the molecule is CC(C)(NC(=O)CCc1cccc(N)c1)C1CC1. The van der Waals surface area contributed by atoms with Gasteiger partial charge in [0.2, 0.25) is 5.91 Å². The maximum absolute atomic E-state index is 11.9. The van der Waals surface area contributed by atoms with Crippen molar-refractivity contribution >= 4 is 11.6 Å². The molecular formula is C15H22N2O. The van der Waals surface area contributed by atoms with E-state index in [1.807, 2.05) is 24.3 Å². The molecule has 0 bridgehead atoms. The molecule has 98 valence electrons. The third kappa shape index (κ3) is 3.49. The van der Waals surface area contributed by atoms with Gasteiger partial charge >= 0.3 is 0 Å². The minimum absolute atomic E-state index is 0.0488. The lowest BCUT2D eigenvalue weighted by molar-refractivity contribution is -0.122. The Morgan fingerprint density at radius 3 is 2.78 bits per heavy atom. The molecule has 2 rings (SSSR count). The monoisotopic (exact) mass is 246 g/mol. The van der Waals surface area contributed by atoms with Gasteiger partial charge in [0.25, 0.3) is 0 Å². The first-order chi connectivity index (χ1) is 8.47. The Hall–Kier alpha value is -1.51. The van der Waals surface area contributed by atoms with Crippen LogP contribution in [0.15, 0.2) is 24.3 Å². The Balaban J connectivity index is 1.81. The summed E-state index contributed by atoms with van der Waals surface area (Å²) in [6, 6.07) is 7.73. The zero-order valence-corrected chi connectivity index (χ0v) is 11.2. The molecule has 18 heavy (non-hydrogen) atoms. The number of amides is 1. The van der Waals surface area contributed by atoms with E-state index in [2.05, 4.69) is 19.2 Å². The summed E-state index contributed by atoms with van der Waals surface area (Å²) in [5, 5.41) is 3.13. The highest BCUT2D eigenvalue weighted by molar-refractivity contribution is 5.77. The van der Waals surface area contributed by atoms with Gasteiger partial charge < -0.3 is 11.1 Å². The van der Waals surface area contributed by atoms with Crippen molar-refractivity contribution in [1.82, 2.24) is 5.32 Å². The van der Waals surface area contributed by atoms with E-state index in [9.17, 15) is 4.79 Å². The standard InChI is InChI=1S/C15H22N2O/c1-15(2,12-7-8-12)17-14(18)9-6-11-4-3-5-13(16)10-11/h3-5,10,12H,6-9,16H2,1-2H3,(H,17,18). The van der Waals surface area contributed by atoms with E-state index in [-0.39, 0.29) is 11.4 Å². The number of benzene rings is 1. The molecule has 0 aromatic heterocycles. The predicted octanol–water partition coefficient (Wildman–Crippen LogP) is 2.51. The zero-order valence-electron chi connectivity index (χ0n) is 11.2. The van der Waals surface area contributed by atoms with E-state index in [0.717, 1.165) is 17.7 Å². The van der Waals surface area contributed by atoms with Gasteiger partial charge in [-0.05, 0) is 56.7 Å². The lowest BCUT2D eigenvalue weighted by Crippen LogP contribution is -2.45. The number of hydrogen-bond donors (Lipinski definition) is 2. The Morgan fingerprint density at radius 2 is 2.17 bits per heavy atom. The van der Waals surface area contributed by atoms with E-state index in [1.165, 1.54) is 12.8 Å². The zero-order chi connectivity index (χ0) is 13.2. The van der Waals surface area contributed by atoms with Gasteiger partial charge in [-0.3, -0.25) is 4.79 Å². The van der Waals surface area contributed by atoms with Gasteiger partial charge in [0.1, 0.15) is 0 Å². The maximum Gasteiger partial charge on any atom is 0.220 e. The fourth-order valence-electron chi connectivity index (χ4n) is 2.34. The number of hydrogen-bond acceptors (Lipinski definition) is 2. The lowest BCUT2D eigenvalue weighted by Gasteiger charge is -2.26. The molecule has 0 unspecified atom stereocenters. The first-order valence-electron chi connectivity index (χ1n) is 6.63. The summed E-state index contributed by atoms with van der Waals surface area (Å²) in [6.45, 7) is 4.23. The molecule has 1 aliphatic carbocycles. The number of nitrogens with one attached hydrogen (secondary N) is 1. The minimum atomic E-state index is -0.0488. The van der Waals surface area contributed by atoms with Crippen molar-refractivity contribution in [1.29, 1.82) is 0 Å². The molecule has 0 radical (unpaired) electrons. The van der Waals surface area contributed by atoms with Gasteiger partial charge in [0.05, 0.1) is 0 Å². The molecule has 0 heterocycles. The molecule has 3 heteroatoms. The summed E-state index contributed by atoms with van der Waals surface area (Å²) < 4.78 is 0. The van der Waals surface area contributed by atoms with Crippen LogP contribution >= 0.6 is 0 Å². The van der Waals surface area contributed by atoms with E-state index in [0.29, 0.717) is 12.3 Å². The van der Waals surface area contributed by atoms with Crippen LogP contribution in [0.1, 0.15) is 38.7 Å². The summed E-state index contributed by atoms with van der Waals surface area (Å²) in [4.78, 5) is 11.9. The molecule has 0 atom stereocenters. The highest BCUT2D eigenvalue weighted by atomic mass is 16.1. The van der Waals surface area contributed by atoms with E-state index >= 15 is 0 Å². The largest absolute Gasteiger partial charge is 0.399 e. The fourth-order valence-corrected chi connectivity index (χ4v) is 2.34. The molecule has 0 spiro atoms. The number of carbonyl (C=O) groups is 1. The number of aryl methyl sites for hydroxylation is 1. The van der Waals surface area contributed by atoms with Crippen LogP contribution in [0.2, 0.25) is 0 Å². The molecule has 1 aliphatic rings. The first kappa shape index (κ1) is 12.9. The second-order valence-electron chi connectivity index (χ2n) is 5.79. The van der Waals surface area contributed by atoms with Gasteiger partial charge in [0.15, 0.2) is 0 Å². The average molecular weight is 246 g/mol. The van der Waals surface area contributed by atoms with Crippen LogP contribution in [0, 0.1) is 5.92 Å². The number of nitrogen functional groups attached to an aromatic ring is 1. The van der Waals surface area contributed by atoms with E-state index < -0.39 is 0 Å². The summed E-state index contributed by atoms with van der Waals surface area (Å²) >= 11 is 0. The summed E-state index contributed by atoms with van der Waals surface area (Å²) in [5.74, 6) is 0.795. The second kappa shape index (κ2) is 5.01. The third-order valence-electron chi connectivity index (χ3n) is 3.65. The predicted molar refractivity (Wildman–Crippen MR) is 74.1 cm³/mol. The summed E-state index contributed by atoms with van der Waals surface area (Å²) in [5.41, 5.74) is 7.54. The maximum atomic E-state index is 11.9. The first-order valence-corrected chi connectivity index (χ1v) is 6.63. The van der Waals surface area contributed by atoms with Crippen LogP contribution in [-0.2, 0) is 11.2 Å². The molecule has 1 fully saturated rings. The molecular weight excluding hydrogens is 224 g/mol. The molecule has 3 N–H and O–H groups in total. The van der Waals surface area contributed by atoms with Gasteiger partial charge in [-0.15, -0.1) is 0 Å². The summed E-state index contributed by atoms with van der Waals surface area (Å²) in [6.07, 6.45) is 3.75. The highest BCUT2D eigenvalue weighted by Crippen LogP contribution is 2.39. The van der Waals surface area contributed by atoms with Crippen LogP contribution in [0.25, 0.3) is 0 Å². The Morgan fingerprint density at radius 1 is 1.44 bits per heavy atom. The van der Waals surface area contributed by atoms with Crippen molar-refractivity contribution in [2.45, 2.75) is 45.1 Å². The second-order valence-corrected chi connectivity index (χ2v) is 5.79. The van der Waals surface area contributed by atoms with Gasteiger partial charge in [-0.25, -0.2) is 0 Å². The van der Waals surface area contributed by atoms with Crippen molar-refractivity contribution in [2.24, 2.45) is 5.92 Å². The van der Waals surface area contributed by atoms with Crippen molar-refractivity contribution in [3.8, 4) is 0 Å². The Kier molecular flexibility index (Phi) is 3.60. The number of nitrogens with two attached hydrogens (primary N) is 1. The van der Waals surface area contributed by atoms with Crippen LogP contribution in [0.4, 0.5) is 5.69 Å². The molecule has 1 aromatic carbocycles. The van der Waals surface area contributed by atoms with Crippen molar-refractivity contribution < 1.29 is 4.79 Å². The fraction of sp³-hybridized carbons (Fsp3) is 0.533. The Labute approximate surface area is 109 Å². The smallest absolute Gasteiger partial charge is 0.220 e. The molecule has 0 aliphatic heterocycles. The average Bonchev–Trinajstić information content (AvgIpc) is 3.10. The van der Waals surface area contributed by atoms with Crippen LogP contribution in [-0.4, -0.2) is 11.4 Å². The van der Waals surface area contributed by atoms with Gasteiger partial charge in [0, 0.05) is 17.6 Å². The van der Waals surface area contributed by atoms with E-state index in [1.54, 1.807) is 0 Å². The molecule has 1 saturated carbocycles. The molecule has 3 nitrogen and oxygen atoms in total. The topological polar surface area (TPSA) is 55.1 Å². The lowest BCUT2D eigenvalue weighted by atomic mass is 9.98. The normalized spacial score (nSPS) is 15.4. The van der Waals surface area contributed by atoms with Gasteiger partial charge in [-0.2, -0.15) is 0 Å². The van der Waals surface area contributed by atoms with E-state index in [4.69, 9.17) is 5.73 Å².